The molecule has 3 aromatic carbocycles. The Morgan fingerprint density at radius 3 is 2.08 bits per heavy atom. The molecule has 0 N–H and O–H groups in total. The molecule has 3 heteroatoms. The number of hydrogen-bond donors (Lipinski definition) is 0. The van der Waals surface area contributed by atoms with Crippen molar-refractivity contribution in [3.8, 4) is 22.3 Å². The number of unbranched alkanes of at least 4 members (excludes halogenated alkanes) is 2. The average Bonchev–Trinajstić information content (AvgIpc) is 2.93. The van der Waals surface area contributed by atoms with Gasteiger partial charge in [0.15, 0.2) is 11.6 Å². The van der Waals surface area contributed by atoms with Gasteiger partial charge in [-0.3, -0.25) is 0 Å². The molecule has 38 heavy (non-hydrogen) atoms. The Morgan fingerprint density at radius 1 is 0.711 bits per heavy atom. The second-order valence-electron chi connectivity index (χ2n) is 10.5. The van der Waals surface area contributed by atoms with E-state index in [-0.39, 0.29) is 17.3 Å². The van der Waals surface area contributed by atoms with Crippen LogP contribution < -0.4 is 0 Å². The monoisotopic (exact) mass is 520 g/mol. The number of halogens is 3. The van der Waals surface area contributed by atoms with Gasteiger partial charge in [0.2, 0.25) is 0 Å². The predicted molar refractivity (Wildman–Crippen MR) is 156 cm³/mol. The van der Waals surface area contributed by atoms with Crippen LogP contribution >= 0.6 is 0 Å². The third-order valence-electron chi connectivity index (χ3n) is 7.76. The molecule has 3 aromatic rings. The van der Waals surface area contributed by atoms with Gasteiger partial charge in [-0.2, -0.15) is 0 Å². The van der Waals surface area contributed by atoms with Crippen LogP contribution in [0, 0.1) is 23.4 Å². The third-order valence-corrected chi connectivity index (χ3v) is 7.76. The lowest BCUT2D eigenvalue weighted by atomic mass is 9.87. The van der Waals surface area contributed by atoms with E-state index in [1.54, 1.807) is 30.3 Å². The zero-order valence-corrected chi connectivity index (χ0v) is 23.5. The van der Waals surface area contributed by atoms with E-state index >= 15 is 4.39 Å². The molecule has 0 aliphatic rings. The van der Waals surface area contributed by atoms with Gasteiger partial charge in [-0.25, -0.2) is 13.2 Å². The van der Waals surface area contributed by atoms with Crippen molar-refractivity contribution in [1.29, 1.82) is 0 Å². The quantitative estimate of drug-likeness (QED) is 0.146. The summed E-state index contributed by atoms with van der Waals surface area (Å²) in [4.78, 5) is 0. The molecule has 0 fully saturated rings. The van der Waals surface area contributed by atoms with Crippen molar-refractivity contribution in [1.82, 2.24) is 0 Å². The first kappa shape index (κ1) is 29.7. The molecule has 0 saturated heterocycles. The molecule has 2 atom stereocenters. The van der Waals surface area contributed by atoms with Crippen LogP contribution in [0.2, 0.25) is 0 Å². The molecule has 0 spiro atoms. The highest BCUT2D eigenvalue weighted by Crippen LogP contribution is 2.32. The molecular formula is C35H43F3. The van der Waals surface area contributed by atoms with Crippen LogP contribution in [0.1, 0.15) is 96.1 Å². The van der Waals surface area contributed by atoms with E-state index in [1.165, 1.54) is 32.1 Å². The van der Waals surface area contributed by atoms with Gasteiger partial charge in [0.05, 0.1) is 0 Å². The summed E-state index contributed by atoms with van der Waals surface area (Å²) in [6.45, 7) is 8.61. The van der Waals surface area contributed by atoms with E-state index in [1.807, 2.05) is 43.3 Å². The van der Waals surface area contributed by atoms with E-state index in [0.29, 0.717) is 17.5 Å². The normalized spacial score (nSPS) is 13.2. The maximum Gasteiger partial charge on any atom is 0.166 e. The summed E-state index contributed by atoms with van der Waals surface area (Å²) in [5.41, 5.74) is 3.56. The van der Waals surface area contributed by atoms with Crippen LogP contribution in [0.15, 0.2) is 66.7 Å². The van der Waals surface area contributed by atoms with E-state index in [2.05, 4.69) is 20.8 Å². The third kappa shape index (κ3) is 7.85. The maximum atomic E-state index is 15.1. The van der Waals surface area contributed by atoms with Crippen LogP contribution in [-0.2, 0) is 6.42 Å². The molecule has 0 heterocycles. The molecule has 0 nitrogen and oxygen atoms in total. The molecule has 0 amide bonds. The van der Waals surface area contributed by atoms with E-state index in [4.69, 9.17) is 0 Å². The van der Waals surface area contributed by atoms with Gasteiger partial charge in [0.25, 0.3) is 0 Å². The fourth-order valence-electron chi connectivity index (χ4n) is 5.17. The van der Waals surface area contributed by atoms with Crippen molar-refractivity contribution in [3.63, 3.8) is 0 Å². The lowest BCUT2D eigenvalue weighted by Gasteiger charge is -2.19. The fourth-order valence-corrected chi connectivity index (χ4v) is 5.17. The zero-order chi connectivity index (χ0) is 27.5. The van der Waals surface area contributed by atoms with Gasteiger partial charge >= 0.3 is 0 Å². The molecule has 0 aromatic heterocycles. The van der Waals surface area contributed by atoms with Crippen molar-refractivity contribution in [2.45, 2.75) is 91.4 Å². The lowest BCUT2D eigenvalue weighted by molar-refractivity contribution is 0.390. The summed E-state index contributed by atoms with van der Waals surface area (Å²) in [5, 5.41) is 0. The minimum atomic E-state index is -0.833. The molecule has 0 aliphatic heterocycles. The summed E-state index contributed by atoms with van der Waals surface area (Å²) in [6.07, 6.45) is 13.4. The molecule has 204 valence electrons. The fraction of sp³-hybridized carbons (Fsp3) is 0.429. The Balaban J connectivity index is 1.69. The Kier molecular flexibility index (Phi) is 11.7. The summed E-state index contributed by atoms with van der Waals surface area (Å²) in [6, 6.07) is 15.9. The van der Waals surface area contributed by atoms with E-state index < -0.39 is 11.6 Å². The van der Waals surface area contributed by atoms with Crippen LogP contribution in [0.25, 0.3) is 22.3 Å². The van der Waals surface area contributed by atoms with Crippen LogP contribution in [0.4, 0.5) is 13.2 Å². The molecule has 0 bridgehead atoms. The minimum Gasteiger partial charge on any atom is -0.207 e. The number of allylic oxidation sites excluding steroid dienone is 2. The van der Waals surface area contributed by atoms with E-state index in [9.17, 15) is 8.78 Å². The van der Waals surface area contributed by atoms with Gasteiger partial charge < -0.3 is 0 Å². The SMILES string of the molecule is CC/C=C\Cc1ccc(-c2ccc(-c3ccc(C(C)CCC(CC)CCCCC)c(F)c3)cc2)c(F)c1F. The van der Waals surface area contributed by atoms with Crippen LogP contribution in [0.3, 0.4) is 0 Å². The Bertz CT molecular complexity index is 1180. The Hall–Kier alpha value is -2.81. The molecular weight excluding hydrogens is 477 g/mol. The number of benzene rings is 3. The van der Waals surface area contributed by atoms with Gasteiger partial charge in [-0.15, -0.1) is 0 Å². The van der Waals surface area contributed by atoms with Crippen LogP contribution in [0.5, 0.6) is 0 Å². The zero-order valence-electron chi connectivity index (χ0n) is 23.5. The topological polar surface area (TPSA) is 0 Å². The predicted octanol–water partition coefficient (Wildman–Crippen LogP) is 11.4. The highest BCUT2D eigenvalue weighted by atomic mass is 19.2. The lowest BCUT2D eigenvalue weighted by Crippen LogP contribution is -2.04. The van der Waals surface area contributed by atoms with E-state index in [0.717, 1.165) is 41.9 Å². The largest absolute Gasteiger partial charge is 0.207 e. The van der Waals surface area contributed by atoms with Crippen molar-refractivity contribution in [3.05, 3.63) is 95.3 Å². The second-order valence-corrected chi connectivity index (χ2v) is 10.5. The van der Waals surface area contributed by atoms with Crippen molar-refractivity contribution >= 4 is 0 Å². The number of rotatable bonds is 14. The van der Waals surface area contributed by atoms with Gasteiger partial charge in [0.1, 0.15) is 5.82 Å². The van der Waals surface area contributed by atoms with Crippen molar-refractivity contribution in [2.24, 2.45) is 5.92 Å². The second kappa shape index (κ2) is 15.0. The van der Waals surface area contributed by atoms with Crippen molar-refractivity contribution < 1.29 is 13.2 Å². The minimum absolute atomic E-state index is 0.171. The van der Waals surface area contributed by atoms with Crippen LogP contribution in [-0.4, -0.2) is 0 Å². The molecule has 0 radical (unpaired) electrons. The molecule has 3 rings (SSSR count). The maximum absolute atomic E-state index is 15.1. The summed E-state index contributed by atoms with van der Waals surface area (Å²) >= 11 is 0. The first-order valence-electron chi connectivity index (χ1n) is 14.4. The Labute approximate surface area is 228 Å². The van der Waals surface area contributed by atoms with Gasteiger partial charge in [0, 0.05) is 5.56 Å². The summed E-state index contributed by atoms with van der Waals surface area (Å²) < 4.78 is 44.6. The standard InChI is InChI=1S/C35H43F3/c1-5-8-10-12-26(7-3)15-14-25(4)31-22-21-30(24-33(31)36)27-16-18-28(19-17-27)32-23-20-29(13-11-9-6-2)34(37)35(32)38/h9,11,16-26H,5-8,10,12-15H2,1-4H3/b11-9-. The highest BCUT2D eigenvalue weighted by molar-refractivity contribution is 5.71. The molecule has 2 unspecified atom stereocenters. The highest BCUT2D eigenvalue weighted by Gasteiger charge is 2.16. The smallest absolute Gasteiger partial charge is 0.166 e. The van der Waals surface area contributed by atoms with Gasteiger partial charge in [-0.05, 0) is 71.4 Å². The number of hydrogen-bond acceptors (Lipinski definition) is 0. The Morgan fingerprint density at radius 2 is 1.42 bits per heavy atom. The van der Waals surface area contributed by atoms with Gasteiger partial charge in [-0.1, -0.05) is 120 Å². The summed E-state index contributed by atoms with van der Waals surface area (Å²) in [5.74, 6) is -0.924. The molecule has 0 saturated carbocycles. The summed E-state index contributed by atoms with van der Waals surface area (Å²) in [7, 11) is 0. The first-order valence-corrected chi connectivity index (χ1v) is 14.4. The molecule has 0 aliphatic carbocycles. The van der Waals surface area contributed by atoms with Crippen molar-refractivity contribution in [2.75, 3.05) is 0 Å². The average molecular weight is 521 g/mol. The first-order chi connectivity index (χ1) is 18.4.